The van der Waals surface area contributed by atoms with Gasteiger partial charge >= 0.3 is 5.97 Å². The van der Waals surface area contributed by atoms with Crippen LogP contribution >= 0.6 is 0 Å². The first kappa shape index (κ1) is 18.4. The minimum absolute atomic E-state index is 0.892. The fourth-order valence-corrected chi connectivity index (χ4v) is 2.49. The summed E-state index contributed by atoms with van der Waals surface area (Å²) in [5, 5.41) is 67.3. The highest BCUT2D eigenvalue weighted by molar-refractivity contribution is 5.73. The summed E-state index contributed by atoms with van der Waals surface area (Å²) in [6.45, 7) is 1.40. The van der Waals surface area contributed by atoms with Crippen molar-refractivity contribution in [2.45, 2.75) is 68.3 Å². The molecule has 0 aromatic heterocycles. The summed E-state index contributed by atoms with van der Waals surface area (Å²) < 4.78 is 14.9. The molecule has 0 bridgehead atoms. The lowest BCUT2D eigenvalue weighted by Crippen LogP contribution is -2.64. The third-order valence-electron chi connectivity index (χ3n) is 3.91. The van der Waals surface area contributed by atoms with Crippen molar-refractivity contribution in [2.24, 2.45) is 0 Å². The highest BCUT2D eigenvalue weighted by Gasteiger charge is 2.51. The maximum Gasteiger partial charge on any atom is 0.335 e. The van der Waals surface area contributed by atoms with Crippen molar-refractivity contribution in [3.8, 4) is 0 Å². The third-order valence-corrected chi connectivity index (χ3v) is 3.91. The molecule has 0 amide bonds. The Morgan fingerprint density at radius 1 is 0.870 bits per heavy atom. The van der Waals surface area contributed by atoms with E-state index in [1.165, 1.54) is 6.92 Å². The van der Waals surface area contributed by atoms with Crippen LogP contribution < -0.4 is 0 Å². The minimum Gasteiger partial charge on any atom is -0.479 e. The van der Waals surface area contributed by atoms with Gasteiger partial charge in [0.15, 0.2) is 18.7 Å². The molecule has 0 radical (unpaired) electrons. The van der Waals surface area contributed by atoms with Gasteiger partial charge in [-0.2, -0.15) is 0 Å². The molecule has 23 heavy (non-hydrogen) atoms. The lowest BCUT2D eigenvalue weighted by atomic mass is 9.97. The topological polar surface area (TPSA) is 186 Å². The van der Waals surface area contributed by atoms with Gasteiger partial charge in [0, 0.05) is 0 Å². The summed E-state index contributed by atoms with van der Waals surface area (Å²) in [6, 6.07) is 0. The normalized spacial score (nSPS) is 51.4. The second-order valence-electron chi connectivity index (χ2n) is 5.55. The van der Waals surface area contributed by atoms with E-state index in [1.807, 2.05) is 0 Å². The molecule has 11 heteroatoms. The Morgan fingerprint density at radius 3 is 2.04 bits per heavy atom. The summed E-state index contributed by atoms with van der Waals surface area (Å²) in [6.07, 6.45) is -16.5. The molecule has 7 N–H and O–H groups in total. The molecule has 1 unspecified atom stereocenters. The van der Waals surface area contributed by atoms with Gasteiger partial charge in [-0.15, -0.1) is 0 Å². The minimum atomic E-state index is -1.90. The van der Waals surface area contributed by atoms with E-state index in [4.69, 9.17) is 19.3 Å². The van der Waals surface area contributed by atoms with Gasteiger partial charge in [0.1, 0.15) is 36.6 Å². The molecule has 0 aromatic carbocycles. The number of carbonyl (C=O) groups is 1. The fourth-order valence-electron chi connectivity index (χ4n) is 2.49. The van der Waals surface area contributed by atoms with E-state index in [9.17, 15) is 35.4 Å². The van der Waals surface area contributed by atoms with E-state index in [0.29, 0.717) is 0 Å². The number of aliphatic carboxylic acids is 1. The number of carboxylic acid groups (broad SMARTS) is 1. The first-order valence-corrected chi connectivity index (χ1v) is 6.92. The summed E-state index contributed by atoms with van der Waals surface area (Å²) in [5.74, 6) is -1.60. The molecule has 2 fully saturated rings. The summed E-state index contributed by atoms with van der Waals surface area (Å²) in [7, 11) is 0. The van der Waals surface area contributed by atoms with Crippen molar-refractivity contribution in [2.75, 3.05) is 0 Å². The zero-order valence-corrected chi connectivity index (χ0v) is 12.0. The van der Waals surface area contributed by atoms with Crippen LogP contribution in [0, 0.1) is 0 Å². The van der Waals surface area contributed by atoms with Crippen LogP contribution in [0.3, 0.4) is 0 Å². The Bertz CT molecular complexity index is 431. The van der Waals surface area contributed by atoms with Crippen LogP contribution in [0.25, 0.3) is 0 Å². The molecular weight excluding hydrogens is 320 g/mol. The van der Waals surface area contributed by atoms with E-state index in [2.05, 4.69) is 0 Å². The van der Waals surface area contributed by atoms with Gasteiger partial charge in [0.2, 0.25) is 0 Å². The van der Waals surface area contributed by atoms with Crippen LogP contribution in [0.2, 0.25) is 0 Å². The molecule has 2 saturated heterocycles. The van der Waals surface area contributed by atoms with E-state index in [0.717, 1.165) is 0 Å². The maximum absolute atomic E-state index is 11.0. The Balaban J connectivity index is 2.12. The number of rotatable bonds is 3. The standard InChI is InChI=1S/C12H20O11/c1-2-3(13)5(15)9(11(20)21-2)23-12-7(17)4(14)6(16)8(22-12)10(18)19/h2-9,11-17,20H,1H3,(H,18,19)/t2-,3+,4-,5+,6-,7+,8-,9-,11?,12+/m0/s1. The molecule has 2 aliphatic rings. The SMILES string of the molecule is C[C@@H]1OC(O)[C@@H](O[C@H]2O[C@H](C(=O)O)[C@@H](O)[C@H](O)[C@H]2O)[C@H](O)[C@@H]1O. The van der Waals surface area contributed by atoms with Crippen molar-refractivity contribution in [3.63, 3.8) is 0 Å². The molecule has 2 heterocycles. The van der Waals surface area contributed by atoms with Gasteiger partial charge in [0.25, 0.3) is 0 Å². The monoisotopic (exact) mass is 340 g/mol. The van der Waals surface area contributed by atoms with Gasteiger partial charge < -0.3 is 50.0 Å². The molecule has 0 spiro atoms. The van der Waals surface area contributed by atoms with Crippen LogP contribution in [0.1, 0.15) is 6.92 Å². The van der Waals surface area contributed by atoms with Crippen LogP contribution in [-0.4, -0.2) is 103 Å². The van der Waals surface area contributed by atoms with E-state index in [-0.39, 0.29) is 0 Å². The Hall–Kier alpha value is -0.890. The van der Waals surface area contributed by atoms with E-state index in [1.54, 1.807) is 0 Å². The number of aliphatic hydroxyl groups excluding tert-OH is 6. The number of hydrogen-bond acceptors (Lipinski definition) is 10. The predicted octanol–water partition coefficient (Wildman–Crippen LogP) is -4.28. The summed E-state index contributed by atoms with van der Waals surface area (Å²) >= 11 is 0. The first-order chi connectivity index (χ1) is 10.6. The fraction of sp³-hybridized carbons (Fsp3) is 0.917. The van der Waals surface area contributed by atoms with Crippen molar-refractivity contribution in [1.29, 1.82) is 0 Å². The van der Waals surface area contributed by atoms with Crippen molar-refractivity contribution >= 4 is 5.97 Å². The average molecular weight is 340 g/mol. The highest BCUT2D eigenvalue weighted by Crippen LogP contribution is 2.28. The van der Waals surface area contributed by atoms with Gasteiger partial charge in [-0.1, -0.05) is 0 Å². The first-order valence-electron chi connectivity index (χ1n) is 6.92. The van der Waals surface area contributed by atoms with Gasteiger partial charge in [-0.25, -0.2) is 4.79 Å². The zero-order chi connectivity index (χ0) is 17.5. The molecule has 0 saturated carbocycles. The van der Waals surface area contributed by atoms with Crippen molar-refractivity contribution < 1.29 is 54.8 Å². The number of ether oxygens (including phenoxy) is 3. The molecule has 2 rings (SSSR count). The molecule has 2 aliphatic heterocycles. The quantitative estimate of drug-likeness (QED) is 0.263. The molecular formula is C12H20O11. The second-order valence-corrected chi connectivity index (χ2v) is 5.55. The van der Waals surface area contributed by atoms with Crippen molar-refractivity contribution in [1.82, 2.24) is 0 Å². The summed E-state index contributed by atoms with van der Waals surface area (Å²) in [5.41, 5.74) is 0. The predicted molar refractivity (Wildman–Crippen MR) is 67.8 cm³/mol. The maximum atomic E-state index is 11.0. The van der Waals surface area contributed by atoms with Crippen LogP contribution in [0.4, 0.5) is 0 Å². The van der Waals surface area contributed by atoms with Crippen LogP contribution in [-0.2, 0) is 19.0 Å². The molecule has 0 aliphatic carbocycles. The van der Waals surface area contributed by atoms with E-state index < -0.39 is 67.4 Å². The Morgan fingerprint density at radius 2 is 1.48 bits per heavy atom. The van der Waals surface area contributed by atoms with Gasteiger partial charge in [-0.3, -0.25) is 0 Å². The largest absolute Gasteiger partial charge is 0.479 e. The Labute approximate surface area is 130 Å². The molecule has 134 valence electrons. The smallest absolute Gasteiger partial charge is 0.335 e. The molecule has 11 nitrogen and oxygen atoms in total. The number of carboxylic acids is 1. The third kappa shape index (κ3) is 3.47. The molecule has 10 atom stereocenters. The lowest BCUT2D eigenvalue weighted by molar-refractivity contribution is -0.355. The molecule has 0 aromatic rings. The van der Waals surface area contributed by atoms with Crippen molar-refractivity contribution in [3.05, 3.63) is 0 Å². The summed E-state index contributed by atoms with van der Waals surface area (Å²) in [4.78, 5) is 11.0. The zero-order valence-electron chi connectivity index (χ0n) is 12.0. The Kier molecular flexibility index (Phi) is 5.56. The average Bonchev–Trinajstić information content (AvgIpc) is 2.48. The van der Waals surface area contributed by atoms with Crippen LogP contribution in [0.5, 0.6) is 0 Å². The van der Waals surface area contributed by atoms with E-state index >= 15 is 0 Å². The van der Waals surface area contributed by atoms with Gasteiger partial charge in [-0.05, 0) is 6.92 Å². The number of hydrogen-bond donors (Lipinski definition) is 7. The van der Waals surface area contributed by atoms with Gasteiger partial charge in [0.05, 0.1) is 6.10 Å². The van der Waals surface area contributed by atoms with Crippen LogP contribution in [0.15, 0.2) is 0 Å². The highest BCUT2D eigenvalue weighted by atomic mass is 16.7. The second kappa shape index (κ2) is 6.93. The lowest BCUT2D eigenvalue weighted by Gasteiger charge is -2.44. The number of aliphatic hydroxyl groups is 6.